The molecule has 5 heteroatoms. The van der Waals surface area contributed by atoms with E-state index >= 15 is 0 Å². The number of carbonyl (C=O) groups excluding carboxylic acids is 1. The number of amides is 1. The van der Waals surface area contributed by atoms with E-state index in [4.69, 9.17) is 4.74 Å². The Labute approximate surface area is 126 Å². The molecule has 116 valence electrons. The number of nitrogens with zero attached hydrogens (tertiary/aromatic N) is 1. The van der Waals surface area contributed by atoms with Crippen LogP contribution in [0.15, 0.2) is 18.2 Å². The summed E-state index contributed by atoms with van der Waals surface area (Å²) >= 11 is 0. The van der Waals surface area contributed by atoms with Crippen molar-refractivity contribution in [2.24, 2.45) is 0 Å². The minimum Gasteiger partial charge on any atom is -0.495 e. The molecule has 1 atom stereocenters. The molecular formula is C16H25N3O2. The van der Waals surface area contributed by atoms with Gasteiger partial charge in [0.25, 0.3) is 0 Å². The average molecular weight is 291 g/mol. The summed E-state index contributed by atoms with van der Waals surface area (Å²) in [5, 5.41) is 6.16. The maximum Gasteiger partial charge on any atom is 0.238 e. The number of likely N-dealkylation sites (tertiary alicyclic amines) is 1. The van der Waals surface area contributed by atoms with Crippen LogP contribution in [0.5, 0.6) is 5.75 Å². The van der Waals surface area contributed by atoms with Gasteiger partial charge >= 0.3 is 0 Å². The molecule has 21 heavy (non-hydrogen) atoms. The maximum absolute atomic E-state index is 12.3. The van der Waals surface area contributed by atoms with Crippen LogP contribution in [0.4, 0.5) is 5.69 Å². The molecule has 0 bridgehead atoms. The van der Waals surface area contributed by atoms with E-state index < -0.39 is 0 Å². The van der Waals surface area contributed by atoms with Gasteiger partial charge in [0.2, 0.25) is 5.91 Å². The number of hydrogen-bond acceptors (Lipinski definition) is 4. The first-order chi connectivity index (χ1) is 10.1. The fourth-order valence-electron chi connectivity index (χ4n) is 2.86. The van der Waals surface area contributed by atoms with Crippen LogP contribution in [0.25, 0.3) is 0 Å². The van der Waals surface area contributed by atoms with E-state index in [0.29, 0.717) is 18.3 Å². The van der Waals surface area contributed by atoms with E-state index in [1.807, 2.05) is 32.2 Å². The second-order valence-electron chi connectivity index (χ2n) is 5.58. The number of ether oxygens (including phenoxy) is 1. The van der Waals surface area contributed by atoms with Gasteiger partial charge < -0.3 is 15.4 Å². The lowest BCUT2D eigenvalue weighted by Crippen LogP contribution is -2.41. The minimum atomic E-state index is 0.0157. The van der Waals surface area contributed by atoms with E-state index in [2.05, 4.69) is 15.5 Å². The van der Waals surface area contributed by atoms with E-state index in [-0.39, 0.29) is 5.91 Å². The van der Waals surface area contributed by atoms with Crippen LogP contribution in [-0.4, -0.2) is 50.6 Å². The van der Waals surface area contributed by atoms with Gasteiger partial charge in [0.05, 0.1) is 19.3 Å². The van der Waals surface area contributed by atoms with E-state index in [0.717, 1.165) is 37.2 Å². The van der Waals surface area contributed by atoms with Gasteiger partial charge in [-0.25, -0.2) is 0 Å². The SMILES string of the molecule is CNCC1CCCN1CC(=O)Nc1cc(C)ccc1OC. The van der Waals surface area contributed by atoms with Crippen molar-refractivity contribution < 1.29 is 9.53 Å². The second-order valence-corrected chi connectivity index (χ2v) is 5.58. The lowest BCUT2D eigenvalue weighted by Gasteiger charge is -2.23. The molecule has 1 heterocycles. The molecule has 0 aliphatic carbocycles. The van der Waals surface area contributed by atoms with Crippen molar-refractivity contribution in [3.05, 3.63) is 23.8 Å². The molecule has 2 rings (SSSR count). The fraction of sp³-hybridized carbons (Fsp3) is 0.562. The van der Waals surface area contributed by atoms with Gasteiger partial charge in [-0.1, -0.05) is 6.07 Å². The predicted octanol–water partition coefficient (Wildman–Crippen LogP) is 1.63. The van der Waals surface area contributed by atoms with Crippen molar-refractivity contribution in [1.82, 2.24) is 10.2 Å². The maximum atomic E-state index is 12.3. The van der Waals surface area contributed by atoms with E-state index in [1.165, 1.54) is 0 Å². The Hall–Kier alpha value is -1.59. The summed E-state index contributed by atoms with van der Waals surface area (Å²) in [6.45, 7) is 4.35. The van der Waals surface area contributed by atoms with Crippen LogP contribution in [0, 0.1) is 6.92 Å². The first kappa shape index (κ1) is 15.8. The standard InChI is InChI=1S/C16H25N3O2/c1-12-6-7-15(21-3)14(9-12)18-16(20)11-19-8-4-5-13(19)10-17-2/h6-7,9,13,17H,4-5,8,10-11H2,1-3H3,(H,18,20). The van der Waals surface area contributed by atoms with Crippen molar-refractivity contribution in [1.29, 1.82) is 0 Å². The van der Waals surface area contributed by atoms with E-state index in [9.17, 15) is 4.79 Å². The number of rotatable bonds is 6. The fourth-order valence-corrected chi connectivity index (χ4v) is 2.86. The smallest absolute Gasteiger partial charge is 0.238 e. The molecule has 1 aromatic carbocycles. The summed E-state index contributed by atoms with van der Waals surface area (Å²) in [4.78, 5) is 14.5. The molecule has 1 amide bonds. The number of anilines is 1. The highest BCUT2D eigenvalue weighted by molar-refractivity contribution is 5.93. The van der Waals surface area contributed by atoms with Crippen molar-refractivity contribution in [2.75, 3.05) is 39.1 Å². The van der Waals surface area contributed by atoms with Crippen molar-refractivity contribution >= 4 is 11.6 Å². The molecule has 0 saturated carbocycles. The summed E-state index contributed by atoms with van der Waals surface area (Å²) in [5.41, 5.74) is 1.84. The van der Waals surface area contributed by atoms with Crippen LogP contribution in [0.3, 0.4) is 0 Å². The molecule has 1 aromatic rings. The third kappa shape index (κ3) is 4.19. The molecule has 1 aliphatic rings. The molecule has 1 saturated heterocycles. The first-order valence-corrected chi connectivity index (χ1v) is 7.47. The highest BCUT2D eigenvalue weighted by Gasteiger charge is 2.25. The zero-order chi connectivity index (χ0) is 15.2. The average Bonchev–Trinajstić information content (AvgIpc) is 2.86. The molecular weight excluding hydrogens is 266 g/mol. The first-order valence-electron chi connectivity index (χ1n) is 7.47. The van der Waals surface area contributed by atoms with Gasteiger partial charge in [-0.05, 0) is 51.1 Å². The van der Waals surface area contributed by atoms with Crippen LogP contribution in [0.1, 0.15) is 18.4 Å². The van der Waals surface area contributed by atoms with Gasteiger partial charge in [-0.15, -0.1) is 0 Å². The Morgan fingerprint density at radius 2 is 2.29 bits per heavy atom. The van der Waals surface area contributed by atoms with Gasteiger partial charge in [0, 0.05) is 12.6 Å². The Morgan fingerprint density at radius 1 is 1.48 bits per heavy atom. The molecule has 5 nitrogen and oxygen atoms in total. The van der Waals surface area contributed by atoms with Crippen molar-refractivity contribution in [2.45, 2.75) is 25.8 Å². The molecule has 1 unspecified atom stereocenters. The molecule has 2 N–H and O–H groups in total. The zero-order valence-corrected chi connectivity index (χ0v) is 13.1. The summed E-state index contributed by atoms with van der Waals surface area (Å²) in [6, 6.07) is 6.24. The van der Waals surface area contributed by atoms with Crippen molar-refractivity contribution in [3.63, 3.8) is 0 Å². The molecule has 0 aromatic heterocycles. The Bertz CT molecular complexity index is 490. The van der Waals surface area contributed by atoms with Gasteiger partial charge in [-0.2, -0.15) is 0 Å². The second kappa shape index (κ2) is 7.43. The quantitative estimate of drug-likeness (QED) is 0.836. The number of benzene rings is 1. The molecule has 1 fully saturated rings. The van der Waals surface area contributed by atoms with Gasteiger partial charge in [-0.3, -0.25) is 9.69 Å². The van der Waals surface area contributed by atoms with Crippen LogP contribution < -0.4 is 15.4 Å². The third-order valence-electron chi connectivity index (χ3n) is 3.91. The van der Waals surface area contributed by atoms with Gasteiger partial charge in [0.15, 0.2) is 0 Å². The summed E-state index contributed by atoms with van der Waals surface area (Å²) < 4.78 is 5.29. The van der Waals surface area contributed by atoms with Crippen LogP contribution in [0.2, 0.25) is 0 Å². The topological polar surface area (TPSA) is 53.6 Å². The Kier molecular flexibility index (Phi) is 5.59. The summed E-state index contributed by atoms with van der Waals surface area (Å²) in [5.74, 6) is 0.712. The Morgan fingerprint density at radius 3 is 3.00 bits per heavy atom. The number of nitrogens with one attached hydrogen (secondary N) is 2. The van der Waals surface area contributed by atoms with E-state index in [1.54, 1.807) is 7.11 Å². The van der Waals surface area contributed by atoms with Crippen LogP contribution in [-0.2, 0) is 4.79 Å². The van der Waals surface area contributed by atoms with Crippen molar-refractivity contribution in [3.8, 4) is 5.75 Å². The number of carbonyl (C=O) groups is 1. The normalized spacial score (nSPS) is 18.7. The largest absolute Gasteiger partial charge is 0.495 e. The number of aryl methyl sites for hydroxylation is 1. The Balaban J connectivity index is 1.97. The summed E-state index contributed by atoms with van der Waals surface area (Å²) in [7, 11) is 3.57. The highest BCUT2D eigenvalue weighted by Crippen LogP contribution is 2.25. The lowest BCUT2D eigenvalue weighted by molar-refractivity contribution is -0.117. The van der Waals surface area contributed by atoms with Gasteiger partial charge in [0.1, 0.15) is 5.75 Å². The van der Waals surface area contributed by atoms with Crippen LogP contribution >= 0.6 is 0 Å². The zero-order valence-electron chi connectivity index (χ0n) is 13.1. The third-order valence-corrected chi connectivity index (χ3v) is 3.91. The number of likely N-dealkylation sites (N-methyl/N-ethyl adjacent to an activating group) is 1. The molecule has 0 spiro atoms. The molecule has 0 radical (unpaired) electrons. The predicted molar refractivity (Wildman–Crippen MR) is 84.9 cm³/mol. The molecule has 1 aliphatic heterocycles. The number of hydrogen-bond donors (Lipinski definition) is 2. The lowest BCUT2D eigenvalue weighted by atomic mass is 10.2. The highest BCUT2D eigenvalue weighted by atomic mass is 16.5. The number of methoxy groups -OCH3 is 1. The monoisotopic (exact) mass is 291 g/mol. The summed E-state index contributed by atoms with van der Waals surface area (Å²) in [6.07, 6.45) is 2.31. The minimum absolute atomic E-state index is 0.0157.